The molecule has 0 aliphatic heterocycles. The summed E-state index contributed by atoms with van der Waals surface area (Å²) in [7, 11) is 0. The van der Waals surface area contributed by atoms with Crippen LogP contribution in [0.2, 0.25) is 0 Å². The van der Waals surface area contributed by atoms with Crippen LogP contribution in [0.5, 0.6) is 0 Å². The van der Waals surface area contributed by atoms with Gasteiger partial charge in [-0.25, -0.2) is 0 Å². The van der Waals surface area contributed by atoms with E-state index in [1.54, 1.807) is 0 Å². The Hall–Kier alpha value is -0.520. The van der Waals surface area contributed by atoms with Crippen molar-refractivity contribution in [2.24, 2.45) is 0 Å². The maximum absolute atomic E-state index is 9.19. The normalized spacial score (nSPS) is 13.9. The number of rotatable bonds is 5. The Kier molecular flexibility index (Phi) is 4.96. The maximum Gasteiger partial charge on any atom is 0.0663 e. The second-order valence-electron chi connectivity index (χ2n) is 3.18. The highest BCUT2D eigenvalue weighted by Crippen LogP contribution is 2.14. The highest BCUT2D eigenvalue weighted by Gasteiger charge is 2.25. The number of aliphatic hydroxyl groups is 1. The molecule has 0 rings (SSSR count). The monoisotopic (exact) mass is 169 g/mol. The molecule has 0 bridgehead atoms. The SMILES string of the molecule is C#CC(C)NC(CC)(CC)CO. The summed E-state index contributed by atoms with van der Waals surface area (Å²) < 4.78 is 0. The lowest BCUT2D eigenvalue weighted by Crippen LogP contribution is -2.51. The molecule has 0 saturated heterocycles. The second kappa shape index (κ2) is 5.18. The van der Waals surface area contributed by atoms with Gasteiger partial charge in [0, 0.05) is 5.54 Å². The molecule has 0 heterocycles. The van der Waals surface area contributed by atoms with Crippen LogP contribution in [-0.4, -0.2) is 23.3 Å². The van der Waals surface area contributed by atoms with Crippen molar-refractivity contribution in [1.29, 1.82) is 0 Å². The number of hydrogen-bond donors (Lipinski definition) is 2. The van der Waals surface area contributed by atoms with Crippen molar-refractivity contribution in [3.63, 3.8) is 0 Å². The Labute approximate surface area is 75.4 Å². The van der Waals surface area contributed by atoms with E-state index < -0.39 is 0 Å². The van der Waals surface area contributed by atoms with Crippen LogP contribution < -0.4 is 5.32 Å². The van der Waals surface area contributed by atoms with Crippen molar-refractivity contribution in [2.45, 2.75) is 45.2 Å². The second-order valence-corrected chi connectivity index (χ2v) is 3.18. The van der Waals surface area contributed by atoms with Crippen LogP contribution in [0.25, 0.3) is 0 Å². The topological polar surface area (TPSA) is 32.3 Å². The fourth-order valence-corrected chi connectivity index (χ4v) is 1.22. The zero-order valence-corrected chi connectivity index (χ0v) is 8.22. The van der Waals surface area contributed by atoms with E-state index in [0.717, 1.165) is 12.8 Å². The van der Waals surface area contributed by atoms with Gasteiger partial charge in [0.2, 0.25) is 0 Å². The number of nitrogens with one attached hydrogen (secondary N) is 1. The lowest BCUT2D eigenvalue weighted by atomic mass is 9.93. The number of aliphatic hydroxyl groups excluding tert-OH is 1. The van der Waals surface area contributed by atoms with E-state index in [2.05, 4.69) is 25.1 Å². The summed E-state index contributed by atoms with van der Waals surface area (Å²) in [6, 6.07) is 0.0250. The van der Waals surface area contributed by atoms with Gasteiger partial charge in [0.25, 0.3) is 0 Å². The molecule has 12 heavy (non-hydrogen) atoms. The van der Waals surface area contributed by atoms with Gasteiger partial charge < -0.3 is 5.11 Å². The van der Waals surface area contributed by atoms with Crippen molar-refractivity contribution < 1.29 is 5.11 Å². The van der Waals surface area contributed by atoms with Gasteiger partial charge in [0.05, 0.1) is 12.6 Å². The lowest BCUT2D eigenvalue weighted by molar-refractivity contribution is 0.147. The Bertz CT molecular complexity index is 147. The van der Waals surface area contributed by atoms with Crippen LogP contribution in [0.15, 0.2) is 0 Å². The number of hydrogen-bond acceptors (Lipinski definition) is 2. The molecule has 0 spiro atoms. The van der Waals surface area contributed by atoms with Crippen molar-refractivity contribution in [1.82, 2.24) is 5.32 Å². The van der Waals surface area contributed by atoms with Gasteiger partial charge >= 0.3 is 0 Å². The molecule has 2 heteroatoms. The molecule has 0 aromatic heterocycles. The third kappa shape index (κ3) is 2.84. The van der Waals surface area contributed by atoms with Crippen LogP contribution in [0.4, 0.5) is 0 Å². The van der Waals surface area contributed by atoms with Gasteiger partial charge in [0.15, 0.2) is 0 Å². The number of terminal acetylenes is 1. The van der Waals surface area contributed by atoms with E-state index in [9.17, 15) is 5.11 Å². The fraction of sp³-hybridized carbons (Fsp3) is 0.800. The average molecular weight is 169 g/mol. The van der Waals surface area contributed by atoms with Crippen molar-refractivity contribution in [3.05, 3.63) is 0 Å². The van der Waals surface area contributed by atoms with Crippen LogP contribution in [0.1, 0.15) is 33.6 Å². The minimum absolute atomic E-state index is 0.0250. The van der Waals surface area contributed by atoms with E-state index in [4.69, 9.17) is 6.42 Å². The predicted octanol–water partition coefficient (Wildman–Crippen LogP) is 1.15. The molecular formula is C10H19NO. The summed E-state index contributed by atoms with van der Waals surface area (Å²) in [5.41, 5.74) is -0.189. The van der Waals surface area contributed by atoms with Crippen LogP contribution in [0.3, 0.4) is 0 Å². The van der Waals surface area contributed by atoms with Gasteiger partial charge in [-0.15, -0.1) is 6.42 Å². The van der Waals surface area contributed by atoms with Gasteiger partial charge in [-0.3, -0.25) is 5.32 Å². The summed E-state index contributed by atoms with van der Waals surface area (Å²) in [5.74, 6) is 2.60. The summed E-state index contributed by atoms with van der Waals surface area (Å²) >= 11 is 0. The Morgan fingerprint density at radius 2 is 2.00 bits per heavy atom. The predicted molar refractivity (Wildman–Crippen MR) is 51.8 cm³/mol. The van der Waals surface area contributed by atoms with Crippen LogP contribution in [0, 0.1) is 12.3 Å². The Morgan fingerprint density at radius 1 is 1.50 bits per heavy atom. The third-order valence-electron chi connectivity index (χ3n) is 2.43. The van der Waals surface area contributed by atoms with Crippen LogP contribution >= 0.6 is 0 Å². The molecule has 0 saturated carbocycles. The Balaban J connectivity index is 4.22. The largest absolute Gasteiger partial charge is 0.394 e. The Morgan fingerprint density at radius 3 is 2.25 bits per heavy atom. The first-order valence-electron chi connectivity index (χ1n) is 4.48. The molecule has 2 nitrogen and oxygen atoms in total. The van der Waals surface area contributed by atoms with Crippen molar-refractivity contribution >= 4 is 0 Å². The molecule has 0 aromatic rings. The van der Waals surface area contributed by atoms with Gasteiger partial charge in [0.1, 0.15) is 0 Å². The molecule has 1 unspecified atom stereocenters. The zero-order chi connectivity index (χ0) is 9.61. The summed E-state index contributed by atoms with van der Waals surface area (Å²) in [4.78, 5) is 0. The molecule has 0 radical (unpaired) electrons. The minimum Gasteiger partial charge on any atom is -0.394 e. The molecule has 0 fully saturated rings. The standard InChI is InChI=1S/C10H19NO/c1-5-9(4)11-10(6-2,7-3)8-12/h1,9,11-12H,6-8H2,2-4H3. The first-order valence-corrected chi connectivity index (χ1v) is 4.48. The molecular weight excluding hydrogens is 150 g/mol. The van der Waals surface area contributed by atoms with Gasteiger partial charge in [-0.1, -0.05) is 19.8 Å². The van der Waals surface area contributed by atoms with Gasteiger partial charge in [-0.2, -0.15) is 0 Å². The van der Waals surface area contributed by atoms with E-state index in [-0.39, 0.29) is 18.2 Å². The zero-order valence-electron chi connectivity index (χ0n) is 8.22. The van der Waals surface area contributed by atoms with E-state index in [1.165, 1.54) is 0 Å². The first-order chi connectivity index (χ1) is 5.64. The average Bonchev–Trinajstić information content (AvgIpc) is 2.14. The van der Waals surface area contributed by atoms with E-state index in [0.29, 0.717) is 0 Å². The molecule has 70 valence electrons. The summed E-state index contributed by atoms with van der Waals surface area (Å²) in [6.07, 6.45) is 7.04. The third-order valence-corrected chi connectivity index (χ3v) is 2.43. The summed E-state index contributed by atoms with van der Waals surface area (Å²) in [6.45, 7) is 6.17. The maximum atomic E-state index is 9.19. The highest BCUT2D eigenvalue weighted by molar-refractivity contribution is 5.00. The molecule has 0 aliphatic carbocycles. The lowest BCUT2D eigenvalue weighted by Gasteiger charge is -2.32. The van der Waals surface area contributed by atoms with Crippen LogP contribution in [-0.2, 0) is 0 Å². The molecule has 0 amide bonds. The van der Waals surface area contributed by atoms with Crippen molar-refractivity contribution in [3.8, 4) is 12.3 Å². The minimum atomic E-state index is -0.189. The molecule has 0 aromatic carbocycles. The smallest absolute Gasteiger partial charge is 0.0663 e. The summed E-state index contributed by atoms with van der Waals surface area (Å²) in [5, 5.41) is 12.4. The molecule has 1 atom stereocenters. The highest BCUT2D eigenvalue weighted by atomic mass is 16.3. The van der Waals surface area contributed by atoms with Crippen molar-refractivity contribution in [2.75, 3.05) is 6.61 Å². The first kappa shape index (κ1) is 11.5. The van der Waals surface area contributed by atoms with E-state index in [1.807, 2.05) is 6.92 Å². The quantitative estimate of drug-likeness (QED) is 0.605. The molecule has 0 aliphatic rings. The fourth-order valence-electron chi connectivity index (χ4n) is 1.22. The van der Waals surface area contributed by atoms with Gasteiger partial charge in [-0.05, 0) is 19.8 Å². The van der Waals surface area contributed by atoms with E-state index >= 15 is 0 Å². The molecule has 2 N–H and O–H groups in total.